The van der Waals surface area contributed by atoms with Crippen LogP contribution in [0.5, 0.6) is 0 Å². The lowest BCUT2D eigenvalue weighted by atomic mass is 9.90. The van der Waals surface area contributed by atoms with Crippen molar-refractivity contribution in [2.45, 2.75) is 24.9 Å². The van der Waals surface area contributed by atoms with Crippen molar-refractivity contribution in [1.29, 1.82) is 0 Å². The number of rotatable bonds is 2. The normalized spacial score (nSPS) is 23.8. The van der Waals surface area contributed by atoms with Gasteiger partial charge in [0, 0.05) is 13.1 Å². The van der Waals surface area contributed by atoms with Crippen molar-refractivity contribution in [2.75, 3.05) is 20.1 Å². The highest BCUT2D eigenvalue weighted by molar-refractivity contribution is 5.74. The van der Waals surface area contributed by atoms with E-state index >= 15 is 0 Å². The summed E-state index contributed by atoms with van der Waals surface area (Å²) >= 11 is 0. The van der Waals surface area contributed by atoms with Crippen molar-refractivity contribution < 1.29 is 9.18 Å². The van der Waals surface area contributed by atoms with Crippen molar-refractivity contribution in [3.05, 3.63) is 0 Å². The number of alkyl halides is 1. The fraction of sp³-hybridized carbons (Fsp3) is 0.875. The number of carbonyl (C=O) groups is 1. The third-order valence-corrected chi connectivity index (χ3v) is 2.37. The maximum atomic E-state index is 13.7. The molecule has 0 atom stereocenters. The van der Waals surface area contributed by atoms with Gasteiger partial charge in [0.2, 0.25) is 5.91 Å². The van der Waals surface area contributed by atoms with Crippen LogP contribution in [-0.2, 0) is 4.79 Å². The molecule has 1 rings (SSSR count). The topological polar surface area (TPSA) is 46.3 Å². The summed E-state index contributed by atoms with van der Waals surface area (Å²) in [5, 5.41) is 0. The molecule has 0 aromatic heterocycles. The molecule has 1 saturated heterocycles. The number of likely N-dealkylation sites (tertiary alicyclic amines) is 1. The van der Waals surface area contributed by atoms with E-state index < -0.39 is 11.6 Å². The number of hydrogen-bond donors (Lipinski definition) is 1. The molecule has 0 bridgehead atoms. The highest BCUT2D eigenvalue weighted by Gasteiger charge is 2.34. The first-order chi connectivity index (χ1) is 5.52. The van der Waals surface area contributed by atoms with E-state index in [0.29, 0.717) is 25.9 Å². The zero-order chi connectivity index (χ0) is 9.19. The maximum Gasteiger partial charge on any atom is 0.220 e. The van der Waals surface area contributed by atoms with Gasteiger partial charge in [-0.2, -0.15) is 0 Å². The molecule has 0 radical (unpaired) electrons. The molecule has 0 unspecified atom stereocenters. The van der Waals surface area contributed by atoms with Crippen LogP contribution in [0.25, 0.3) is 0 Å². The van der Waals surface area contributed by atoms with Crippen LogP contribution in [0, 0.1) is 0 Å². The molecule has 0 aromatic carbocycles. The second-order valence-corrected chi connectivity index (χ2v) is 3.60. The molecule has 0 aromatic rings. The Morgan fingerprint density at radius 2 is 2.08 bits per heavy atom. The molecule has 3 nitrogen and oxygen atoms in total. The Bertz CT molecular complexity index is 176. The smallest absolute Gasteiger partial charge is 0.220 e. The van der Waals surface area contributed by atoms with Crippen LogP contribution in [0.4, 0.5) is 4.39 Å². The summed E-state index contributed by atoms with van der Waals surface area (Å²) < 4.78 is 13.7. The lowest BCUT2D eigenvalue weighted by Crippen LogP contribution is -2.42. The second kappa shape index (κ2) is 3.39. The number of carbonyl (C=O) groups excluding carboxylic acids is 1. The SMILES string of the molecule is CN1CCC(F)(CC(N)=O)CC1. The average molecular weight is 174 g/mol. The molecule has 2 N–H and O–H groups in total. The number of amides is 1. The largest absolute Gasteiger partial charge is 0.370 e. The minimum atomic E-state index is -1.33. The number of primary amides is 1. The van der Waals surface area contributed by atoms with Crippen molar-refractivity contribution in [1.82, 2.24) is 4.90 Å². The van der Waals surface area contributed by atoms with Gasteiger partial charge in [0.1, 0.15) is 5.67 Å². The summed E-state index contributed by atoms with van der Waals surface area (Å²) in [4.78, 5) is 12.6. The van der Waals surface area contributed by atoms with Crippen LogP contribution in [0.2, 0.25) is 0 Å². The Balaban J connectivity index is 2.44. The molecular weight excluding hydrogens is 159 g/mol. The minimum absolute atomic E-state index is 0.124. The summed E-state index contributed by atoms with van der Waals surface area (Å²) in [6.07, 6.45) is 0.722. The van der Waals surface area contributed by atoms with Crippen LogP contribution < -0.4 is 5.73 Å². The molecular formula is C8H15FN2O. The van der Waals surface area contributed by atoms with Gasteiger partial charge in [0.05, 0.1) is 6.42 Å². The number of nitrogens with two attached hydrogens (primary N) is 1. The summed E-state index contributed by atoms with van der Waals surface area (Å²) in [6, 6.07) is 0. The number of hydrogen-bond acceptors (Lipinski definition) is 2. The van der Waals surface area contributed by atoms with E-state index in [-0.39, 0.29) is 6.42 Å². The highest BCUT2D eigenvalue weighted by Crippen LogP contribution is 2.28. The van der Waals surface area contributed by atoms with Crippen molar-refractivity contribution in [3.63, 3.8) is 0 Å². The highest BCUT2D eigenvalue weighted by atomic mass is 19.1. The standard InChI is InChI=1S/C8H15FN2O/c1-11-4-2-8(9,3-5-11)6-7(10)12/h2-6H2,1H3,(H2,10,12). The molecule has 70 valence electrons. The van der Waals surface area contributed by atoms with Gasteiger partial charge in [-0.15, -0.1) is 0 Å². The van der Waals surface area contributed by atoms with Crippen LogP contribution in [-0.4, -0.2) is 36.6 Å². The van der Waals surface area contributed by atoms with E-state index in [1.807, 2.05) is 7.05 Å². The third-order valence-electron chi connectivity index (χ3n) is 2.37. The van der Waals surface area contributed by atoms with E-state index in [1.165, 1.54) is 0 Å². The molecule has 12 heavy (non-hydrogen) atoms. The zero-order valence-electron chi connectivity index (χ0n) is 7.35. The second-order valence-electron chi connectivity index (χ2n) is 3.60. The molecule has 1 fully saturated rings. The number of nitrogens with zero attached hydrogens (tertiary/aromatic N) is 1. The monoisotopic (exact) mass is 174 g/mol. The van der Waals surface area contributed by atoms with Crippen molar-refractivity contribution >= 4 is 5.91 Å². The first-order valence-electron chi connectivity index (χ1n) is 4.18. The van der Waals surface area contributed by atoms with Gasteiger partial charge in [0.25, 0.3) is 0 Å². The lowest BCUT2D eigenvalue weighted by molar-refractivity contribution is -0.121. The van der Waals surface area contributed by atoms with Crippen LogP contribution in [0.3, 0.4) is 0 Å². The summed E-state index contributed by atoms with van der Waals surface area (Å²) in [5.41, 5.74) is 3.62. The Morgan fingerprint density at radius 1 is 1.58 bits per heavy atom. The van der Waals surface area contributed by atoms with Crippen molar-refractivity contribution in [3.8, 4) is 0 Å². The molecule has 1 aliphatic rings. The number of piperidine rings is 1. The Hall–Kier alpha value is -0.640. The van der Waals surface area contributed by atoms with Gasteiger partial charge < -0.3 is 10.6 Å². The molecule has 0 spiro atoms. The van der Waals surface area contributed by atoms with Crippen LogP contribution in [0.1, 0.15) is 19.3 Å². The Morgan fingerprint density at radius 3 is 2.50 bits per heavy atom. The molecule has 1 aliphatic heterocycles. The zero-order valence-corrected chi connectivity index (χ0v) is 7.35. The summed E-state index contributed by atoms with van der Waals surface area (Å²) in [7, 11) is 1.95. The summed E-state index contributed by atoms with van der Waals surface area (Å²) in [6.45, 7) is 1.42. The summed E-state index contributed by atoms with van der Waals surface area (Å²) in [5.74, 6) is -0.540. The fourth-order valence-electron chi connectivity index (χ4n) is 1.51. The average Bonchev–Trinajstić information content (AvgIpc) is 1.94. The Kier molecular flexibility index (Phi) is 2.67. The van der Waals surface area contributed by atoms with Crippen LogP contribution >= 0.6 is 0 Å². The molecule has 0 saturated carbocycles. The fourth-order valence-corrected chi connectivity index (χ4v) is 1.51. The molecule has 0 aliphatic carbocycles. The van der Waals surface area contributed by atoms with Gasteiger partial charge in [-0.1, -0.05) is 0 Å². The van der Waals surface area contributed by atoms with E-state index in [1.54, 1.807) is 0 Å². The van der Waals surface area contributed by atoms with E-state index in [4.69, 9.17) is 5.73 Å². The van der Waals surface area contributed by atoms with Gasteiger partial charge in [-0.3, -0.25) is 4.79 Å². The van der Waals surface area contributed by atoms with Gasteiger partial charge in [-0.05, 0) is 19.9 Å². The van der Waals surface area contributed by atoms with Gasteiger partial charge in [-0.25, -0.2) is 4.39 Å². The quantitative estimate of drug-likeness (QED) is 0.654. The van der Waals surface area contributed by atoms with Crippen LogP contribution in [0.15, 0.2) is 0 Å². The molecule has 4 heteroatoms. The first kappa shape index (κ1) is 9.45. The maximum absolute atomic E-state index is 13.7. The lowest BCUT2D eigenvalue weighted by Gasteiger charge is -2.33. The molecule has 1 heterocycles. The Labute approximate surface area is 71.7 Å². The number of halogens is 1. The van der Waals surface area contributed by atoms with Gasteiger partial charge in [0.15, 0.2) is 0 Å². The molecule has 1 amide bonds. The van der Waals surface area contributed by atoms with Gasteiger partial charge >= 0.3 is 0 Å². The van der Waals surface area contributed by atoms with Crippen molar-refractivity contribution in [2.24, 2.45) is 5.73 Å². The minimum Gasteiger partial charge on any atom is -0.370 e. The third kappa shape index (κ3) is 2.44. The first-order valence-corrected chi connectivity index (χ1v) is 4.18. The van der Waals surface area contributed by atoms with E-state index in [9.17, 15) is 9.18 Å². The predicted molar refractivity (Wildman–Crippen MR) is 44.4 cm³/mol. The van der Waals surface area contributed by atoms with E-state index in [2.05, 4.69) is 4.90 Å². The van der Waals surface area contributed by atoms with E-state index in [0.717, 1.165) is 0 Å². The predicted octanol–water partition coefficient (Wildman–Crippen LogP) is 0.296.